The number of carbonyl (C=O) groups is 2. The lowest BCUT2D eigenvalue weighted by molar-refractivity contribution is -0.130. The van der Waals surface area contributed by atoms with Crippen molar-refractivity contribution in [2.24, 2.45) is 5.92 Å². The van der Waals surface area contributed by atoms with Gasteiger partial charge in [0.25, 0.3) is 0 Å². The maximum atomic E-state index is 13.7. The van der Waals surface area contributed by atoms with E-state index in [1.54, 1.807) is 12.1 Å². The van der Waals surface area contributed by atoms with Crippen LogP contribution in [0.3, 0.4) is 0 Å². The van der Waals surface area contributed by atoms with Crippen molar-refractivity contribution in [3.8, 4) is 0 Å². The van der Waals surface area contributed by atoms with Crippen LogP contribution in [0.4, 0.5) is 10.1 Å². The zero-order valence-corrected chi connectivity index (χ0v) is 14.2. The first kappa shape index (κ1) is 15.9. The third kappa shape index (κ3) is 3.36. The molecule has 2 N–H and O–H groups in total. The van der Waals surface area contributed by atoms with E-state index in [0.717, 1.165) is 9.13 Å². The minimum absolute atomic E-state index is 0.0820. The van der Waals surface area contributed by atoms with E-state index >= 15 is 0 Å². The molecule has 3 rings (SSSR count). The van der Waals surface area contributed by atoms with Crippen molar-refractivity contribution in [1.29, 1.82) is 0 Å². The second-order valence-electron chi connectivity index (χ2n) is 5.35. The Morgan fingerprint density at radius 1 is 1.22 bits per heavy atom. The van der Waals surface area contributed by atoms with Crippen LogP contribution in [0.1, 0.15) is 11.5 Å². The first-order chi connectivity index (χ1) is 11.1. The smallest absolute Gasteiger partial charge is 0.237 e. The number of para-hydroxylation sites is 1. The zero-order chi connectivity index (χ0) is 16.4. The van der Waals surface area contributed by atoms with Crippen LogP contribution in [0, 0.1) is 15.3 Å². The molecule has 2 atom stereocenters. The maximum absolute atomic E-state index is 13.7. The molecule has 2 unspecified atom stereocenters. The lowest BCUT2D eigenvalue weighted by Crippen LogP contribution is -2.32. The van der Waals surface area contributed by atoms with Gasteiger partial charge < -0.3 is 10.6 Å². The number of amides is 2. The van der Waals surface area contributed by atoms with E-state index in [4.69, 9.17) is 0 Å². The Morgan fingerprint density at radius 2 is 2.00 bits per heavy atom. The summed E-state index contributed by atoms with van der Waals surface area (Å²) in [5.74, 6) is -2.47. The number of hydrogen-bond donors (Lipinski definition) is 2. The summed E-state index contributed by atoms with van der Waals surface area (Å²) in [6.07, 6.45) is 0. The molecule has 1 aliphatic heterocycles. The summed E-state index contributed by atoms with van der Waals surface area (Å²) in [5, 5.41) is 5.24. The Labute approximate surface area is 146 Å². The van der Waals surface area contributed by atoms with Gasteiger partial charge >= 0.3 is 0 Å². The van der Waals surface area contributed by atoms with Crippen molar-refractivity contribution in [3.05, 3.63) is 63.5 Å². The Hall–Kier alpha value is -1.96. The van der Waals surface area contributed by atoms with E-state index in [1.165, 1.54) is 12.1 Å². The van der Waals surface area contributed by atoms with Gasteiger partial charge in [-0.25, -0.2) is 4.39 Å². The molecule has 4 nitrogen and oxygen atoms in total. The van der Waals surface area contributed by atoms with Gasteiger partial charge in [-0.15, -0.1) is 0 Å². The average Bonchev–Trinajstić information content (AvgIpc) is 2.91. The van der Waals surface area contributed by atoms with Crippen LogP contribution in [0.25, 0.3) is 0 Å². The molecule has 0 aromatic heterocycles. The number of benzene rings is 2. The molecule has 0 bridgehead atoms. The molecular weight excluding hydrogens is 410 g/mol. The standard InChI is InChI=1S/C17H14FIN2O2/c18-13-6-1-2-7-14(13)21-17(23)15-12(9-20-16(15)22)10-4-3-5-11(19)8-10/h1-8,12,15H,9H2,(H,20,22)(H,21,23). The number of halogens is 2. The van der Waals surface area contributed by atoms with E-state index in [0.29, 0.717) is 6.54 Å². The highest BCUT2D eigenvalue weighted by Gasteiger charge is 2.41. The molecular formula is C17H14FIN2O2. The molecule has 0 radical (unpaired) electrons. The molecule has 0 saturated carbocycles. The van der Waals surface area contributed by atoms with E-state index in [-0.39, 0.29) is 17.5 Å². The highest BCUT2D eigenvalue weighted by molar-refractivity contribution is 14.1. The van der Waals surface area contributed by atoms with Gasteiger partial charge in [-0.3, -0.25) is 9.59 Å². The topological polar surface area (TPSA) is 58.2 Å². The molecule has 6 heteroatoms. The van der Waals surface area contributed by atoms with Crippen molar-refractivity contribution in [2.45, 2.75) is 5.92 Å². The molecule has 118 valence electrons. The summed E-state index contributed by atoms with van der Waals surface area (Å²) in [6.45, 7) is 0.397. The molecule has 2 aromatic rings. The van der Waals surface area contributed by atoms with Gasteiger partial charge in [-0.1, -0.05) is 24.3 Å². The van der Waals surface area contributed by atoms with Gasteiger partial charge in [0.2, 0.25) is 11.8 Å². The lowest BCUT2D eigenvalue weighted by Gasteiger charge is -2.17. The molecule has 0 aliphatic carbocycles. The fourth-order valence-corrected chi connectivity index (χ4v) is 3.31. The van der Waals surface area contributed by atoms with E-state index in [1.807, 2.05) is 24.3 Å². The summed E-state index contributed by atoms with van der Waals surface area (Å²) < 4.78 is 14.7. The van der Waals surface area contributed by atoms with Gasteiger partial charge in [0.05, 0.1) is 5.69 Å². The molecule has 1 heterocycles. The molecule has 23 heavy (non-hydrogen) atoms. The van der Waals surface area contributed by atoms with Crippen LogP contribution in [-0.2, 0) is 9.59 Å². The first-order valence-corrected chi connectivity index (χ1v) is 8.22. The van der Waals surface area contributed by atoms with Crippen molar-refractivity contribution in [2.75, 3.05) is 11.9 Å². The quantitative estimate of drug-likeness (QED) is 0.588. The average molecular weight is 424 g/mol. The van der Waals surface area contributed by atoms with Crippen molar-refractivity contribution >= 4 is 40.1 Å². The Balaban J connectivity index is 1.85. The molecule has 1 fully saturated rings. The molecule has 1 saturated heterocycles. The van der Waals surface area contributed by atoms with Crippen LogP contribution in [0.15, 0.2) is 48.5 Å². The predicted octanol–water partition coefficient (Wildman–Crippen LogP) is 2.90. The highest BCUT2D eigenvalue weighted by atomic mass is 127. The summed E-state index contributed by atoms with van der Waals surface area (Å²) in [5.41, 5.74) is 1.00. The Bertz CT molecular complexity index is 766. The third-order valence-electron chi connectivity index (χ3n) is 3.87. The van der Waals surface area contributed by atoms with Crippen LogP contribution in [0.5, 0.6) is 0 Å². The SMILES string of the molecule is O=C1NCC(c2cccc(I)c2)C1C(=O)Nc1ccccc1F. The first-order valence-electron chi connectivity index (χ1n) is 7.15. The Kier molecular flexibility index (Phi) is 4.61. The molecule has 1 aliphatic rings. The van der Waals surface area contributed by atoms with Crippen molar-refractivity contribution < 1.29 is 14.0 Å². The fourth-order valence-electron chi connectivity index (χ4n) is 2.74. The highest BCUT2D eigenvalue weighted by Crippen LogP contribution is 2.31. The number of rotatable bonds is 3. The summed E-state index contributed by atoms with van der Waals surface area (Å²) in [4.78, 5) is 24.6. The minimum atomic E-state index is -0.868. The van der Waals surface area contributed by atoms with Gasteiger partial charge in [-0.05, 0) is 52.4 Å². The van der Waals surface area contributed by atoms with Crippen LogP contribution in [-0.4, -0.2) is 18.4 Å². The number of anilines is 1. The summed E-state index contributed by atoms with van der Waals surface area (Å²) in [7, 11) is 0. The number of hydrogen-bond acceptors (Lipinski definition) is 2. The molecule has 2 aromatic carbocycles. The van der Waals surface area contributed by atoms with E-state index in [9.17, 15) is 14.0 Å². The minimum Gasteiger partial charge on any atom is -0.355 e. The van der Waals surface area contributed by atoms with E-state index in [2.05, 4.69) is 33.2 Å². The second kappa shape index (κ2) is 6.66. The van der Waals surface area contributed by atoms with Crippen LogP contribution < -0.4 is 10.6 Å². The predicted molar refractivity (Wildman–Crippen MR) is 93.4 cm³/mol. The van der Waals surface area contributed by atoms with Gasteiger partial charge in [-0.2, -0.15) is 0 Å². The Morgan fingerprint density at radius 3 is 2.74 bits per heavy atom. The lowest BCUT2D eigenvalue weighted by atomic mass is 9.88. The monoisotopic (exact) mass is 424 g/mol. The van der Waals surface area contributed by atoms with Crippen LogP contribution in [0.2, 0.25) is 0 Å². The second-order valence-corrected chi connectivity index (χ2v) is 6.60. The zero-order valence-electron chi connectivity index (χ0n) is 12.1. The van der Waals surface area contributed by atoms with Gasteiger partial charge in [0.15, 0.2) is 0 Å². The van der Waals surface area contributed by atoms with Gasteiger partial charge in [0.1, 0.15) is 11.7 Å². The summed E-state index contributed by atoms with van der Waals surface area (Å²) in [6, 6.07) is 13.6. The van der Waals surface area contributed by atoms with Gasteiger partial charge in [0, 0.05) is 16.0 Å². The maximum Gasteiger partial charge on any atom is 0.237 e. The van der Waals surface area contributed by atoms with Crippen LogP contribution >= 0.6 is 22.6 Å². The number of nitrogens with one attached hydrogen (secondary N) is 2. The largest absolute Gasteiger partial charge is 0.355 e. The normalized spacial score (nSPS) is 20.2. The summed E-state index contributed by atoms with van der Waals surface area (Å²) >= 11 is 2.19. The van der Waals surface area contributed by atoms with Crippen molar-refractivity contribution in [1.82, 2.24) is 5.32 Å². The van der Waals surface area contributed by atoms with E-state index < -0.39 is 17.6 Å². The number of carbonyl (C=O) groups excluding carboxylic acids is 2. The fraction of sp³-hybridized carbons (Fsp3) is 0.176. The molecule has 2 amide bonds. The van der Waals surface area contributed by atoms with Crippen molar-refractivity contribution in [3.63, 3.8) is 0 Å². The molecule has 0 spiro atoms. The third-order valence-corrected chi connectivity index (χ3v) is 4.54.